The maximum atomic E-state index is 12.9. The van der Waals surface area contributed by atoms with Crippen LogP contribution in [0.25, 0.3) is 5.76 Å². The Hall–Kier alpha value is -3.28. The van der Waals surface area contributed by atoms with E-state index in [1.807, 2.05) is 19.1 Å². The zero-order chi connectivity index (χ0) is 21.0. The smallest absolute Gasteiger partial charge is 0.295 e. The number of benzene rings is 2. The molecule has 0 aliphatic carbocycles. The summed E-state index contributed by atoms with van der Waals surface area (Å²) in [6, 6.07) is 13.3. The third-order valence-electron chi connectivity index (χ3n) is 5.09. The van der Waals surface area contributed by atoms with Crippen LogP contribution in [0, 0.1) is 0 Å². The monoisotopic (exact) mass is 395 g/mol. The molecule has 3 rings (SSSR count). The number of rotatable bonds is 7. The number of ketones is 1. The van der Waals surface area contributed by atoms with Gasteiger partial charge in [0.1, 0.15) is 17.3 Å². The lowest BCUT2D eigenvalue weighted by atomic mass is 9.95. The summed E-state index contributed by atoms with van der Waals surface area (Å²) in [5.74, 6) is -0.138. The Morgan fingerprint density at radius 2 is 1.52 bits per heavy atom. The maximum absolute atomic E-state index is 12.9. The van der Waals surface area contributed by atoms with E-state index in [1.165, 1.54) is 0 Å². The van der Waals surface area contributed by atoms with E-state index in [0.717, 1.165) is 18.4 Å². The second-order valence-electron chi connectivity index (χ2n) is 6.85. The summed E-state index contributed by atoms with van der Waals surface area (Å²) in [5.41, 5.74) is 1.30. The number of amides is 1. The third-order valence-corrected chi connectivity index (χ3v) is 5.09. The molecule has 1 aliphatic heterocycles. The molecule has 0 unspecified atom stereocenters. The van der Waals surface area contributed by atoms with E-state index in [9.17, 15) is 14.7 Å². The number of Topliss-reactive ketones (excluding diaryl/α,β-unsaturated/α-hetero) is 1. The van der Waals surface area contributed by atoms with E-state index in [0.29, 0.717) is 23.6 Å². The van der Waals surface area contributed by atoms with Crippen molar-refractivity contribution in [1.29, 1.82) is 0 Å². The number of carbonyl (C=O) groups is 2. The number of hydrogen-bond acceptors (Lipinski definition) is 5. The van der Waals surface area contributed by atoms with Gasteiger partial charge in [0, 0.05) is 12.1 Å². The molecule has 0 aromatic heterocycles. The quantitative estimate of drug-likeness (QED) is 0.437. The van der Waals surface area contributed by atoms with E-state index in [2.05, 4.69) is 0 Å². The van der Waals surface area contributed by atoms with Gasteiger partial charge in [0.25, 0.3) is 11.7 Å². The van der Waals surface area contributed by atoms with Crippen LogP contribution in [0.4, 0.5) is 0 Å². The zero-order valence-corrected chi connectivity index (χ0v) is 16.8. The first-order valence-electron chi connectivity index (χ1n) is 9.58. The van der Waals surface area contributed by atoms with Gasteiger partial charge in [0.15, 0.2) is 0 Å². The molecule has 1 saturated heterocycles. The highest BCUT2D eigenvalue weighted by molar-refractivity contribution is 6.46. The van der Waals surface area contributed by atoms with Crippen molar-refractivity contribution in [2.75, 3.05) is 20.8 Å². The van der Waals surface area contributed by atoms with Gasteiger partial charge >= 0.3 is 0 Å². The molecule has 6 heteroatoms. The summed E-state index contributed by atoms with van der Waals surface area (Å²) in [6.45, 7) is 2.47. The first-order valence-corrected chi connectivity index (χ1v) is 9.58. The molecular weight excluding hydrogens is 370 g/mol. The molecule has 6 nitrogen and oxygen atoms in total. The fraction of sp³-hybridized carbons (Fsp3) is 0.304. The molecule has 2 aromatic carbocycles. The summed E-state index contributed by atoms with van der Waals surface area (Å²) < 4.78 is 10.4. The van der Waals surface area contributed by atoms with Crippen molar-refractivity contribution < 1.29 is 24.2 Å². The molecule has 1 heterocycles. The molecule has 1 aliphatic rings. The van der Waals surface area contributed by atoms with Gasteiger partial charge < -0.3 is 19.5 Å². The lowest BCUT2D eigenvalue weighted by Gasteiger charge is -2.25. The maximum Gasteiger partial charge on any atom is 0.295 e. The van der Waals surface area contributed by atoms with E-state index in [4.69, 9.17) is 9.47 Å². The summed E-state index contributed by atoms with van der Waals surface area (Å²) in [7, 11) is 3.13. The van der Waals surface area contributed by atoms with Crippen LogP contribution in [0.3, 0.4) is 0 Å². The lowest BCUT2D eigenvalue weighted by molar-refractivity contribution is -0.139. The van der Waals surface area contributed by atoms with Crippen LogP contribution in [0.2, 0.25) is 0 Å². The highest BCUT2D eigenvalue weighted by atomic mass is 16.5. The molecule has 1 amide bonds. The molecule has 0 radical (unpaired) electrons. The molecule has 1 N–H and O–H groups in total. The number of ether oxygens (including phenoxy) is 2. The van der Waals surface area contributed by atoms with Crippen LogP contribution in [-0.4, -0.2) is 42.5 Å². The first kappa shape index (κ1) is 20.5. The molecule has 0 spiro atoms. The van der Waals surface area contributed by atoms with Gasteiger partial charge in [-0.15, -0.1) is 0 Å². The van der Waals surface area contributed by atoms with E-state index >= 15 is 0 Å². The highest BCUT2D eigenvalue weighted by Crippen LogP contribution is 2.40. The van der Waals surface area contributed by atoms with Crippen molar-refractivity contribution in [3.8, 4) is 11.5 Å². The van der Waals surface area contributed by atoms with E-state index < -0.39 is 17.7 Å². The van der Waals surface area contributed by atoms with Gasteiger partial charge in [-0.2, -0.15) is 0 Å². The second kappa shape index (κ2) is 8.82. The summed E-state index contributed by atoms with van der Waals surface area (Å²) in [5, 5.41) is 11.0. The normalized spacial score (nSPS) is 18.2. The van der Waals surface area contributed by atoms with Gasteiger partial charge in [0.05, 0.1) is 25.8 Å². The molecule has 1 atom stereocenters. The minimum absolute atomic E-state index is 0.0986. The van der Waals surface area contributed by atoms with Crippen LogP contribution in [0.15, 0.2) is 54.1 Å². The lowest BCUT2D eigenvalue weighted by Crippen LogP contribution is -2.30. The largest absolute Gasteiger partial charge is 0.507 e. The van der Waals surface area contributed by atoms with Crippen molar-refractivity contribution in [2.45, 2.75) is 25.8 Å². The molecule has 2 aromatic rings. The molecule has 0 bridgehead atoms. The van der Waals surface area contributed by atoms with Gasteiger partial charge in [-0.3, -0.25) is 9.59 Å². The Bertz CT molecular complexity index is 915. The number of unbranched alkanes of at least 4 members (excludes halogenated alkanes) is 1. The van der Waals surface area contributed by atoms with Crippen LogP contribution < -0.4 is 9.47 Å². The van der Waals surface area contributed by atoms with Crippen LogP contribution in [-0.2, 0) is 9.59 Å². The fourth-order valence-corrected chi connectivity index (χ4v) is 3.48. The SMILES string of the molecule is CCCCN1C(=O)C(=O)/C(=C(/O)c2ccc(OC)cc2)[C@@H]1c1ccc(OC)cc1. The van der Waals surface area contributed by atoms with Crippen molar-refractivity contribution in [3.05, 3.63) is 65.2 Å². The molecule has 152 valence electrons. The Kier molecular flexibility index (Phi) is 6.22. The van der Waals surface area contributed by atoms with Crippen LogP contribution >= 0.6 is 0 Å². The molecular formula is C23H25NO5. The second-order valence-corrected chi connectivity index (χ2v) is 6.85. The number of likely N-dealkylation sites (tertiary alicyclic amines) is 1. The van der Waals surface area contributed by atoms with Gasteiger partial charge in [-0.05, 0) is 48.4 Å². The Morgan fingerprint density at radius 1 is 0.966 bits per heavy atom. The summed E-state index contributed by atoms with van der Waals surface area (Å²) in [6.07, 6.45) is 1.65. The van der Waals surface area contributed by atoms with Crippen molar-refractivity contribution in [1.82, 2.24) is 4.90 Å². The Labute approximate surface area is 170 Å². The predicted molar refractivity (Wildman–Crippen MR) is 110 cm³/mol. The number of hydrogen-bond donors (Lipinski definition) is 1. The van der Waals surface area contributed by atoms with Crippen molar-refractivity contribution in [3.63, 3.8) is 0 Å². The molecule has 0 saturated carbocycles. The van der Waals surface area contributed by atoms with E-state index in [1.54, 1.807) is 55.5 Å². The summed E-state index contributed by atoms with van der Waals surface area (Å²) in [4.78, 5) is 27.2. The third kappa shape index (κ3) is 3.97. The molecule has 29 heavy (non-hydrogen) atoms. The number of aliphatic hydroxyl groups excluding tert-OH is 1. The number of carbonyl (C=O) groups excluding carboxylic acids is 2. The summed E-state index contributed by atoms with van der Waals surface area (Å²) >= 11 is 0. The Morgan fingerprint density at radius 3 is 2.03 bits per heavy atom. The minimum Gasteiger partial charge on any atom is -0.507 e. The highest BCUT2D eigenvalue weighted by Gasteiger charge is 2.45. The van der Waals surface area contributed by atoms with Gasteiger partial charge in [-0.1, -0.05) is 25.5 Å². The standard InChI is InChI=1S/C23H25NO5/c1-4-5-14-24-20(15-6-10-17(28-2)11-7-15)19(22(26)23(24)27)21(25)16-8-12-18(29-3)13-9-16/h6-13,20,25H,4-5,14H2,1-3H3/b21-19+/t20-/m0/s1. The predicted octanol–water partition coefficient (Wildman–Crippen LogP) is 3.93. The number of aliphatic hydroxyl groups is 1. The molecule has 1 fully saturated rings. The fourth-order valence-electron chi connectivity index (χ4n) is 3.48. The average molecular weight is 395 g/mol. The van der Waals surface area contributed by atoms with Gasteiger partial charge in [-0.25, -0.2) is 0 Å². The van der Waals surface area contributed by atoms with Gasteiger partial charge in [0.2, 0.25) is 0 Å². The minimum atomic E-state index is -0.671. The number of methoxy groups -OCH3 is 2. The Balaban J connectivity index is 2.11. The van der Waals surface area contributed by atoms with Crippen molar-refractivity contribution >= 4 is 17.4 Å². The topological polar surface area (TPSA) is 76.1 Å². The first-order chi connectivity index (χ1) is 14.0. The van der Waals surface area contributed by atoms with Crippen LogP contribution in [0.1, 0.15) is 36.9 Å². The van der Waals surface area contributed by atoms with Crippen LogP contribution in [0.5, 0.6) is 11.5 Å². The average Bonchev–Trinajstić information content (AvgIpc) is 3.02. The van der Waals surface area contributed by atoms with E-state index in [-0.39, 0.29) is 11.3 Å². The van der Waals surface area contributed by atoms with Crippen molar-refractivity contribution in [2.24, 2.45) is 0 Å². The zero-order valence-electron chi connectivity index (χ0n) is 16.8. The number of nitrogens with zero attached hydrogens (tertiary/aromatic N) is 1.